The predicted octanol–water partition coefficient (Wildman–Crippen LogP) is 2.68. The average molecular weight is 303 g/mol. The van der Waals surface area contributed by atoms with Crippen molar-refractivity contribution in [1.82, 2.24) is 0 Å². The van der Waals surface area contributed by atoms with E-state index in [9.17, 15) is 4.79 Å². The van der Waals surface area contributed by atoms with Gasteiger partial charge in [0.05, 0.1) is 4.88 Å². The van der Waals surface area contributed by atoms with E-state index in [0.717, 1.165) is 22.5 Å². The van der Waals surface area contributed by atoms with Crippen LogP contribution in [0.4, 0.5) is 5.69 Å². The van der Waals surface area contributed by atoms with Crippen molar-refractivity contribution in [3.8, 4) is 0 Å². The molecule has 0 aliphatic rings. The number of rotatable bonds is 4. The Morgan fingerprint density at radius 3 is 2.57 bits per heavy atom. The number of amidine groups is 1. The molecule has 0 atom stereocenters. The minimum atomic E-state index is -0.0293. The van der Waals surface area contributed by atoms with Gasteiger partial charge >= 0.3 is 0 Å². The number of anilines is 1. The summed E-state index contributed by atoms with van der Waals surface area (Å²) in [5, 5.41) is 13.5. The van der Waals surface area contributed by atoms with Crippen molar-refractivity contribution in [2.45, 2.75) is 13.3 Å². The van der Waals surface area contributed by atoms with Gasteiger partial charge in [-0.2, -0.15) is 0 Å². The van der Waals surface area contributed by atoms with Crippen LogP contribution in [0.2, 0.25) is 0 Å². The Kier molecular flexibility index (Phi) is 4.59. The first-order valence-corrected chi connectivity index (χ1v) is 7.38. The van der Waals surface area contributed by atoms with Crippen LogP contribution in [0.1, 0.15) is 27.7 Å². The molecule has 1 aromatic heterocycles. The van der Waals surface area contributed by atoms with Gasteiger partial charge in [-0.3, -0.25) is 4.79 Å². The van der Waals surface area contributed by atoms with Crippen LogP contribution in [0.3, 0.4) is 0 Å². The Morgan fingerprint density at radius 2 is 2.00 bits per heavy atom. The molecule has 5 nitrogen and oxygen atoms in total. The highest BCUT2D eigenvalue weighted by Crippen LogP contribution is 2.22. The summed E-state index contributed by atoms with van der Waals surface area (Å²) < 4.78 is 0. The van der Waals surface area contributed by atoms with Crippen LogP contribution < -0.4 is 10.6 Å². The normalized spacial score (nSPS) is 11.4. The molecule has 0 aliphatic carbocycles. The lowest BCUT2D eigenvalue weighted by molar-refractivity contribution is 0.0996. The molecule has 6 heteroatoms. The van der Waals surface area contributed by atoms with Crippen LogP contribution in [0, 0.1) is 0 Å². The van der Waals surface area contributed by atoms with Crippen molar-refractivity contribution in [2.75, 3.05) is 11.9 Å². The number of hydrogen-bond acceptors (Lipinski definition) is 4. The maximum Gasteiger partial charge on any atom is 0.268 e. The lowest BCUT2D eigenvalue weighted by atomic mass is 10.1. The van der Waals surface area contributed by atoms with Crippen LogP contribution in [0.25, 0.3) is 0 Å². The third kappa shape index (κ3) is 3.05. The summed E-state index contributed by atoms with van der Waals surface area (Å²) in [4.78, 5) is 14.9. The average Bonchev–Trinajstić information content (AvgIpc) is 3.01. The zero-order chi connectivity index (χ0) is 15.4. The number of amides is 1. The van der Waals surface area contributed by atoms with Gasteiger partial charge in [-0.25, -0.2) is 0 Å². The summed E-state index contributed by atoms with van der Waals surface area (Å²) in [6, 6.07) is 8.94. The van der Waals surface area contributed by atoms with Crippen LogP contribution in [-0.2, 0) is 6.42 Å². The number of carbonyl (C=O) groups excluding carboxylic acids is 1. The number of oxime groups is 1. The van der Waals surface area contributed by atoms with E-state index in [2.05, 4.69) is 5.16 Å². The summed E-state index contributed by atoms with van der Waals surface area (Å²) in [6.07, 6.45) is 0.834. The van der Waals surface area contributed by atoms with Gasteiger partial charge in [0, 0.05) is 18.3 Å². The van der Waals surface area contributed by atoms with Gasteiger partial charge in [-0.15, -0.1) is 11.3 Å². The SMILES string of the molecule is CCc1ccsc1C(=O)N(C)c1ccc(/C(N)=N/O)cc1. The number of thiophene rings is 1. The second-order valence-corrected chi connectivity index (χ2v) is 5.44. The molecular weight excluding hydrogens is 286 g/mol. The molecule has 0 spiro atoms. The Bertz CT molecular complexity index is 662. The third-order valence-corrected chi connectivity index (χ3v) is 4.23. The maximum absolute atomic E-state index is 12.5. The van der Waals surface area contributed by atoms with Crippen molar-refractivity contribution in [3.63, 3.8) is 0 Å². The fourth-order valence-corrected chi connectivity index (χ4v) is 2.95. The van der Waals surface area contributed by atoms with Gasteiger partial charge in [0.25, 0.3) is 5.91 Å². The molecule has 0 radical (unpaired) electrons. The molecule has 0 fully saturated rings. The molecule has 1 aromatic carbocycles. The second kappa shape index (κ2) is 6.41. The van der Waals surface area contributed by atoms with E-state index < -0.39 is 0 Å². The highest BCUT2D eigenvalue weighted by molar-refractivity contribution is 7.12. The molecule has 0 saturated heterocycles. The van der Waals surface area contributed by atoms with Crippen LogP contribution in [0.15, 0.2) is 40.9 Å². The number of nitrogens with two attached hydrogens (primary N) is 1. The molecule has 0 aliphatic heterocycles. The molecule has 1 heterocycles. The number of aryl methyl sites for hydroxylation is 1. The Morgan fingerprint density at radius 1 is 1.33 bits per heavy atom. The minimum absolute atomic E-state index is 0.0293. The monoisotopic (exact) mass is 303 g/mol. The number of hydrogen-bond donors (Lipinski definition) is 2. The van der Waals surface area contributed by atoms with Crippen molar-refractivity contribution >= 4 is 28.8 Å². The molecular formula is C15H17N3O2S. The molecule has 21 heavy (non-hydrogen) atoms. The van der Waals surface area contributed by atoms with Gasteiger partial charge in [0.2, 0.25) is 0 Å². The maximum atomic E-state index is 12.5. The number of nitrogens with zero attached hydrogens (tertiary/aromatic N) is 2. The van der Waals surface area contributed by atoms with Gasteiger partial charge in [0.1, 0.15) is 0 Å². The summed E-state index contributed by atoms with van der Waals surface area (Å²) in [5.41, 5.74) is 7.94. The molecule has 0 bridgehead atoms. The topological polar surface area (TPSA) is 78.9 Å². The van der Waals surface area contributed by atoms with Crippen LogP contribution in [-0.4, -0.2) is 24.0 Å². The summed E-state index contributed by atoms with van der Waals surface area (Å²) in [7, 11) is 1.74. The Labute approximate surface area is 127 Å². The summed E-state index contributed by atoms with van der Waals surface area (Å²) in [6.45, 7) is 2.03. The standard InChI is InChI=1S/C15H17N3O2S/c1-3-10-8-9-21-13(10)15(19)18(2)12-6-4-11(5-7-12)14(16)17-20/h4-9,20H,3H2,1-2H3,(H2,16,17). The van der Waals surface area contributed by atoms with E-state index in [1.807, 2.05) is 18.4 Å². The van der Waals surface area contributed by atoms with Crippen molar-refractivity contribution in [2.24, 2.45) is 10.9 Å². The van der Waals surface area contributed by atoms with Crippen LogP contribution >= 0.6 is 11.3 Å². The van der Waals surface area contributed by atoms with Gasteiger partial charge < -0.3 is 15.8 Å². The molecule has 3 N–H and O–H groups in total. The first-order chi connectivity index (χ1) is 10.1. The van der Waals surface area contributed by atoms with Gasteiger partial charge in [0.15, 0.2) is 5.84 Å². The first-order valence-electron chi connectivity index (χ1n) is 6.50. The van der Waals surface area contributed by atoms with E-state index in [1.165, 1.54) is 11.3 Å². The number of benzene rings is 1. The lowest BCUT2D eigenvalue weighted by Crippen LogP contribution is -2.26. The number of carbonyl (C=O) groups is 1. The zero-order valence-corrected chi connectivity index (χ0v) is 12.7. The largest absolute Gasteiger partial charge is 0.409 e. The van der Waals surface area contributed by atoms with Gasteiger partial charge in [-0.05, 0) is 47.7 Å². The molecule has 0 saturated carbocycles. The van der Waals surface area contributed by atoms with Crippen molar-refractivity contribution in [1.29, 1.82) is 0 Å². The Hall–Kier alpha value is -2.34. The fraction of sp³-hybridized carbons (Fsp3) is 0.200. The van der Waals surface area contributed by atoms with E-state index in [4.69, 9.17) is 10.9 Å². The quantitative estimate of drug-likeness (QED) is 0.394. The highest BCUT2D eigenvalue weighted by Gasteiger charge is 2.17. The van der Waals surface area contributed by atoms with E-state index >= 15 is 0 Å². The molecule has 1 amide bonds. The van der Waals surface area contributed by atoms with E-state index in [-0.39, 0.29) is 11.7 Å². The predicted molar refractivity (Wildman–Crippen MR) is 85.4 cm³/mol. The zero-order valence-electron chi connectivity index (χ0n) is 11.9. The summed E-state index contributed by atoms with van der Waals surface area (Å²) in [5.74, 6) is 0.0143. The summed E-state index contributed by atoms with van der Waals surface area (Å²) >= 11 is 1.45. The van der Waals surface area contributed by atoms with E-state index in [0.29, 0.717) is 5.56 Å². The fourth-order valence-electron chi connectivity index (χ4n) is 1.98. The smallest absolute Gasteiger partial charge is 0.268 e. The minimum Gasteiger partial charge on any atom is -0.409 e. The molecule has 110 valence electrons. The molecule has 2 rings (SSSR count). The van der Waals surface area contributed by atoms with Crippen molar-refractivity contribution < 1.29 is 10.0 Å². The first kappa shape index (κ1) is 15.1. The van der Waals surface area contributed by atoms with Crippen molar-refractivity contribution in [3.05, 3.63) is 51.7 Å². The van der Waals surface area contributed by atoms with E-state index in [1.54, 1.807) is 36.2 Å². The van der Waals surface area contributed by atoms with Crippen LogP contribution in [0.5, 0.6) is 0 Å². The molecule has 0 unspecified atom stereocenters. The lowest BCUT2D eigenvalue weighted by Gasteiger charge is -2.17. The highest BCUT2D eigenvalue weighted by atomic mass is 32.1. The second-order valence-electron chi connectivity index (χ2n) is 4.52. The third-order valence-electron chi connectivity index (χ3n) is 3.28. The molecule has 2 aromatic rings. The Balaban J connectivity index is 2.24. The van der Waals surface area contributed by atoms with Gasteiger partial charge in [-0.1, -0.05) is 12.1 Å².